The third-order valence-electron chi connectivity index (χ3n) is 2.47. The summed E-state index contributed by atoms with van der Waals surface area (Å²) in [7, 11) is 0. The highest BCUT2D eigenvalue weighted by Crippen LogP contribution is 2.12. The van der Waals surface area contributed by atoms with Gasteiger partial charge in [0, 0.05) is 18.4 Å². The molecule has 0 saturated carbocycles. The monoisotopic (exact) mass is 279 g/mol. The van der Waals surface area contributed by atoms with Crippen LogP contribution >= 0.6 is 15.9 Å². The standard InChI is InChI=1S/C12H14BrN3/c1-2-16-7-3-4-11(16)9-14-10-5-6-12(13)15-8-10/h3-8,14H,2,9H2,1H3. The first kappa shape index (κ1) is 11.2. The molecule has 0 atom stereocenters. The van der Waals surface area contributed by atoms with Crippen molar-refractivity contribution in [3.63, 3.8) is 0 Å². The Balaban J connectivity index is 1.99. The first-order chi connectivity index (χ1) is 7.79. The highest BCUT2D eigenvalue weighted by Gasteiger charge is 1.99. The van der Waals surface area contributed by atoms with Gasteiger partial charge in [0.15, 0.2) is 0 Å². The number of hydrogen-bond acceptors (Lipinski definition) is 2. The number of nitrogens with zero attached hydrogens (tertiary/aromatic N) is 2. The van der Waals surface area contributed by atoms with E-state index in [4.69, 9.17) is 0 Å². The second kappa shape index (κ2) is 5.16. The van der Waals surface area contributed by atoms with Crippen LogP contribution in [0.15, 0.2) is 41.3 Å². The number of anilines is 1. The van der Waals surface area contributed by atoms with Crippen LogP contribution in [-0.2, 0) is 13.1 Å². The van der Waals surface area contributed by atoms with Gasteiger partial charge < -0.3 is 9.88 Å². The summed E-state index contributed by atoms with van der Waals surface area (Å²) in [5, 5.41) is 3.34. The molecule has 0 aliphatic carbocycles. The van der Waals surface area contributed by atoms with Crippen molar-refractivity contribution in [2.24, 2.45) is 0 Å². The van der Waals surface area contributed by atoms with E-state index in [1.165, 1.54) is 5.69 Å². The average Bonchev–Trinajstić information content (AvgIpc) is 2.76. The Morgan fingerprint density at radius 1 is 1.38 bits per heavy atom. The predicted octanol–water partition coefficient (Wildman–Crippen LogP) is 3.28. The summed E-state index contributed by atoms with van der Waals surface area (Å²) < 4.78 is 3.08. The molecule has 0 bridgehead atoms. The first-order valence-corrected chi connectivity index (χ1v) is 6.08. The molecule has 0 aliphatic rings. The minimum absolute atomic E-state index is 0.824. The normalized spacial score (nSPS) is 10.4. The smallest absolute Gasteiger partial charge is 0.106 e. The number of pyridine rings is 1. The average molecular weight is 280 g/mol. The Hall–Kier alpha value is -1.29. The van der Waals surface area contributed by atoms with Gasteiger partial charge in [-0.2, -0.15) is 0 Å². The van der Waals surface area contributed by atoms with Crippen LogP contribution < -0.4 is 5.32 Å². The van der Waals surface area contributed by atoms with E-state index in [0.29, 0.717) is 0 Å². The molecule has 2 heterocycles. The number of halogens is 1. The molecule has 0 spiro atoms. The van der Waals surface area contributed by atoms with Gasteiger partial charge in [-0.05, 0) is 47.1 Å². The van der Waals surface area contributed by atoms with E-state index in [1.807, 2.05) is 18.3 Å². The molecule has 0 fully saturated rings. The fourth-order valence-electron chi connectivity index (χ4n) is 1.59. The minimum Gasteiger partial charge on any atom is -0.378 e. The van der Waals surface area contributed by atoms with E-state index in [2.05, 4.69) is 56.1 Å². The van der Waals surface area contributed by atoms with Crippen molar-refractivity contribution in [3.05, 3.63) is 47.0 Å². The maximum atomic E-state index is 4.17. The van der Waals surface area contributed by atoms with Crippen molar-refractivity contribution in [2.45, 2.75) is 20.0 Å². The molecular formula is C12H14BrN3. The van der Waals surface area contributed by atoms with Gasteiger partial charge in [0.25, 0.3) is 0 Å². The largest absolute Gasteiger partial charge is 0.378 e. The predicted molar refractivity (Wildman–Crippen MR) is 69.4 cm³/mol. The Morgan fingerprint density at radius 2 is 2.25 bits per heavy atom. The maximum Gasteiger partial charge on any atom is 0.106 e. The van der Waals surface area contributed by atoms with E-state index < -0.39 is 0 Å². The number of hydrogen-bond donors (Lipinski definition) is 1. The van der Waals surface area contributed by atoms with E-state index in [1.54, 1.807) is 0 Å². The molecular weight excluding hydrogens is 266 g/mol. The Labute approximate surface area is 104 Å². The molecule has 3 nitrogen and oxygen atoms in total. The fraction of sp³-hybridized carbons (Fsp3) is 0.250. The second-order valence-electron chi connectivity index (χ2n) is 3.51. The number of rotatable bonds is 4. The Bertz CT molecular complexity index is 448. The molecule has 84 valence electrons. The SMILES string of the molecule is CCn1cccc1CNc1ccc(Br)nc1. The van der Waals surface area contributed by atoms with E-state index in [-0.39, 0.29) is 0 Å². The van der Waals surface area contributed by atoms with Gasteiger partial charge in [-0.25, -0.2) is 4.98 Å². The molecule has 0 aliphatic heterocycles. The summed E-state index contributed by atoms with van der Waals surface area (Å²) in [6.45, 7) is 3.97. The lowest BCUT2D eigenvalue weighted by molar-refractivity contribution is 0.724. The van der Waals surface area contributed by atoms with Crippen molar-refractivity contribution in [1.29, 1.82) is 0 Å². The van der Waals surface area contributed by atoms with E-state index >= 15 is 0 Å². The van der Waals surface area contributed by atoms with Gasteiger partial charge >= 0.3 is 0 Å². The molecule has 4 heteroatoms. The fourth-order valence-corrected chi connectivity index (χ4v) is 1.83. The van der Waals surface area contributed by atoms with Crippen LogP contribution in [-0.4, -0.2) is 9.55 Å². The lowest BCUT2D eigenvalue weighted by Gasteiger charge is -2.08. The third-order valence-corrected chi connectivity index (χ3v) is 2.93. The van der Waals surface area contributed by atoms with Crippen LogP contribution in [0.2, 0.25) is 0 Å². The highest BCUT2D eigenvalue weighted by molar-refractivity contribution is 9.10. The molecule has 0 radical (unpaired) electrons. The molecule has 0 unspecified atom stereocenters. The van der Waals surface area contributed by atoms with Crippen LogP contribution in [0.25, 0.3) is 0 Å². The number of aromatic nitrogens is 2. The molecule has 0 amide bonds. The zero-order valence-electron chi connectivity index (χ0n) is 9.15. The summed E-state index contributed by atoms with van der Waals surface area (Å²) in [5.41, 5.74) is 2.32. The summed E-state index contributed by atoms with van der Waals surface area (Å²) >= 11 is 3.32. The van der Waals surface area contributed by atoms with Crippen LogP contribution in [0.5, 0.6) is 0 Å². The van der Waals surface area contributed by atoms with Crippen LogP contribution in [0.4, 0.5) is 5.69 Å². The van der Waals surface area contributed by atoms with Gasteiger partial charge in [-0.15, -0.1) is 0 Å². The summed E-state index contributed by atoms with van der Waals surface area (Å²) in [6.07, 6.45) is 3.92. The topological polar surface area (TPSA) is 29.9 Å². The molecule has 2 aromatic heterocycles. The Kier molecular flexibility index (Phi) is 3.62. The van der Waals surface area contributed by atoms with Gasteiger partial charge in [0.1, 0.15) is 4.60 Å². The quantitative estimate of drug-likeness (QED) is 0.871. The van der Waals surface area contributed by atoms with Crippen molar-refractivity contribution in [2.75, 3.05) is 5.32 Å². The van der Waals surface area contributed by atoms with Crippen molar-refractivity contribution in [3.8, 4) is 0 Å². The van der Waals surface area contributed by atoms with Gasteiger partial charge in [-0.1, -0.05) is 0 Å². The van der Waals surface area contributed by atoms with E-state index in [9.17, 15) is 0 Å². The third kappa shape index (κ3) is 2.64. The van der Waals surface area contributed by atoms with Crippen LogP contribution in [0.1, 0.15) is 12.6 Å². The van der Waals surface area contributed by atoms with Crippen LogP contribution in [0, 0.1) is 0 Å². The van der Waals surface area contributed by atoms with Gasteiger partial charge in [0.05, 0.1) is 18.4 Å². The molecule has 2 aromatic rings. The zero-order chi connectivity index (χ0) is 11.4. The lowest BCUT2D eigenvalue weighted by atomic mass is 10.3. The first-order valence-electron chi connectivity index (χ1n) is 5.29. The lowest BCUT2D eigenvalue weighted by Crippen LogP contribution is -2.05. The van der Waals surface area contributed by atoms with E-state index in [0.717, 1.165) is 23.4 Å². The number of nitrogens with one attached hydrogen (secondary N) is 1. The molecule has 0 saturated heterocycles. The van der Waals surface area contributed by atoms with Crippen molar-refractivity contribution < 1.29 is 0 Å². The Morgan fingerprint density at radius 3 is 2.94 bits per heavy atom. The van der Waals surface area contributed by atoms with Crippen molar-refractivity contribution >= 4 is 21.6 Å². The zero-order valence-corrected chi connectivity index (χ0v) is 10.7. The van der Waals surface area contributed by atoms with Gasteiger partial charge in [-0.3, -0.25) is 0 Å². The van der Waals surface area contributed by atoms with Gasteiger partial charge in [0.2, 0.25) is 0 Å². The van der Waals surface area contributed by atoms with Crippen molar-refractivity contribution in [1.82, 2.24) is 9.55 Å². The summed E-state index contributed by atoms with van der Waals surface area (Å²) in [4.78, 5) is 4.17. The number of aryl methyl sites for hydroxylation is 1. The summed E-state index contributed by atoms with van der Waals surface area (Å²) in [5.74, 6) is 0. The molecule has 2 rings (SSSR count). The maximum absolute atomic E-state index is 4.17. The molecule has 1 N–H and O–H groups in total. The second-order valence-corrected chi connectivity index (χ2v) is 4.32. The summed E-state index contributed by atoms with van der Waals surface area (Å²) in [6, 6.07) is 8.14. The molecule has 16 heavy (non-hydrogen) atoms. The minimum atomic E-state index is 0.824. The highest BCUT2D eigenvalue weighted by atomic mass is 79.9. The molecule has 0 aromatic carbocycles. The van der Waals surface area contributed by atoms with Crippen LogP contribution in [0.3, 0.4) is 0 Å².